The van der Waals surface area contributed by atoms with E-state index >= 15 is 0 Å². The Morgan fingerprint density at radius 1 is 0.900 bits per heavy atom. The molecule has 0 radical (unpaired) electrons. The van der Waals surface area contributed by atoms with Crippen LogP contribution in [0, 0.1) is 0 Å². The van der Waals surface area contributed by atoms with Crippen LogP contribution in [0.2, 0.25) is 0 Å². The van der Waals surface area contributed by atoms with Gasteiger partial charge in [-0.15, -0.1) is 0 Å². The van der Waals surface area contributed by atoms with Gasteiger partial charge in [0.05, 0.1) is 6.26 Å². The molecular weight excluding hydrogens is 314 g/mol. The van der Waals surface area contributed by atoms with Crippen molar-refractivity contribution >= 4 is 21.6 Å². The van der Waals surface area contributed by atoms with Crippen LogP contribution in [0.1, 0.15) is 17.4 Å². The van der Waals surface area contributed by atoms with Crippen molar-refractivity contribution in [2.45, 2.75) is 6.04 Å². The summed E-state index contributed by atoms with van der Waals surface area (Å²) >= 11 is 3.49. The second kappa shape index (κ2) is 5.97. The van der Waals surface area contributed by atoms with E-state index in [0.29, 0.717) is 0 Å². The van der Waals surface area contributed by atoms with Crippen molar-refractivity contribution in [2.75, 3.05) is 5.32 Å². The summed E-state index contributed by atoms with van der Waals surface area (Å²) in [7, 11) is 0. The Balaban J connectivity index is 1.95. The first-order chi connectivity index (χ1) is 9.83. The Morgan fingerprint density at radius 2 is 1.75 bits per heavy atom. The van der Waals surface area contributed by atoms with E-state index in [1.165, 1.54) is 5.56 Å². The summed E-state index contributed by atoms with van der Waals surface area (Å²) in [5.41, 5.74) is 2.21. The minimum Gasteiger partial charge on any atom is -0.467 e. The van der Waals surface area contributed by atoms with Gasteiger partial charge >= 0.3 is 0 Å². The summed E-state index contributed by atoms with van der Waals surface area (Å²) in [6.45, 7) is 0. The predicted octanol–water partition coefficient (Wildman–Crippen LogP) is 5.24. The smallest absolute Gasteiger partial charge is 0.130 e. The highest BCUT2D eigenvalue weighted by Gasteiger charge is 2.16. The Morgan fingerprint density at radius 3 is 2.45 bits per heavy atom. The molecule has 2 aromatic carbocycles. The minimum atomic E-state index is 0.000463. The molecule has 1 unspecified atom stereocenters. The quantitative estimate of drug-likeness (QED) is 0.708. The first-order valence-corrected chi connectivity index (χ1v) is 7.23. The highest BCUT2D eigenvalue weighted by molar-refractivity contribution is 9.10. The number of furan rings is 1. The topological polar surface area (TPSA) is 25.2 Å². The molecule has 0 spiro atoms. The maximum absolute atomic E-state index is 5.58. The standard InChI is InChI=1S/C17H14BrNO/c18-14-8-4-9-15(12-14)19-17(16-10-5-11-20-16)13-6-2-1-3-7-13/h1-12,17,19H. The number of hydrogen-bond acceptors (Lipinski definition) is 2. The first kappa shape index (κ1) is 13.0. The second-order valence-corrected chi connectivity index (χ2v) is 5.43. The van der Waals surface area contributed by atoms with Crippen molar-refractivity contribution in [3.05, 3.63) is 88.8 Å². The van der Waals surface area contributed by atoms with Crippen molar-refractivity contribution in [3.8, 4) is 0 Å². The molecular formula is C17H14BrNO. The zero-order valence-corrected chi connectivity index (χ0v) is 12.4. The lowest BCUT2D eigenvalue weighted by molar-refractivity contribution is 0.499. The molecule has 0 aliphatic heterocycles. The number of benzene rings is 2. The highest BCUT2D eigenvalue weighted by atomic mass is 79.9. The fraction of sp³-hybridized carbons (Fsp3) is 0.0588. The largest absolute Gasteiger partial charge is 0.467 e. The van der Waals surface area contributed by atoms with E-state index in [9.17, 15) is 0 Å². The van der Waals surface area contributed by atoms with Crippen molar-refractivity contribution < 1.29 is 4.42 Å². The summed E-state index contributed by atoms with van der Waals surface area (Å²) in [6, 6.07) is 22.3. The SMILES string of the molecule is Brc1cccc(NC(c2ccccc2)c2ccco2)c1. The molecule has 0 bridgehead atoms. The van der Waals surface area contributed by atoms with Crippen molar-refractivity contribution in [1.29, 1.82) is 0 Å². The number of nitrogens with one attached hydrogen (secondary N) is 1. The average molecular weight is 328 g/mol. The van der Waals surface area contributed by atoms with Gasteiger partial charge in [0.15, 0.2) is 0 Å². The lowest BCUT2D eigenvalue weighted by atomic mass is 10.0. The Kier molecular flexibility index (Phi) is 3.88. The summed E-state index contributed by atoms with van der Waals surface area (Å²) < 4.78 is 6.63. The number of rotatable bonds is 4. The Bertz CT molecular complexity index is 664. The van der Waals surface area contributed by atoms with Crippen LogP contribution in [0.3, 0.4) is 0 Å². The van der Waals surface area contributed by atoms with Crippen LogP contribution in [0.25, 0.3) is 0 Å². The second-order valence-electron chi connectivity index (χ2n) is 4.51. The lowest BCUT2D eigenvalue weighted by Crippen LogP contribution is -2.11. The van der Waals surface area contributed by atoms with E-state index in [4.69, 9.17) is 4.42 Å². The normalized spacial score (nSPS) is 12.1. The molecule has 3 rings (SSSR count). The molecule has 2 nitrogen and oxygen atoms in total. The number of halogens is 1. The third kappa shape index (κ3) is 2.94. The van der Waals surface area contributed by atoms with Gasteiger partial charge in [-0.05, 0) is 35.9 Å². The maximum Gasteiger partial charge on any atom is 0.130 e. The molecule has 3 aromatic rings. The molecule has 1 N–H and O–H groups in total. The molecule has 0 saturated heterocycles. The average Bonchev–Trinajstić information content (AvgIpc) is 3.00. The van der Waals surface area contributed by atoms with Gasteiger partial charge in [-0.1, -0.05) is 52.3 Å². The molecule has 0 aliphatic rings. The van der Waals surface area contributed by atoms with Gasteiger partial charge in [0.1, 0.15) is 11.8 Å². The third-order valence-electron chi connectivity index (χ3n) is 3.10. The molecule has 1 heterocycles. The number of anilines is 1. The van der Waals surface area contributed by atoms with Gasteiger partial charge in [0.2, 0.25) is 0 Å². The van der Waals surface area contributed by atoms with Crippen molar-refractivity contribution in [1.82, 2.24) is 0 Å². The lowest BCUT2D eigenvalue weighted by Gasteiger charge is -2.18. The number of hydrogen-bond donors (Lipinski definition) is 1. The van der Waals surface area contributed by atoms with Crippen LogP contribution >= 0.6 is 15.9 Å². The fourth-order valence-corrected chi connectivity index (χ4v) is 2.56. The van der Waals surface area contributed by atoms with Crippen molar-refractivity contribution in [3.63, 3.8) is 0 Å². The predicted molar refractivity (Wildman–Crippen MR) is 84.8 cm³/mol. The van der Waals surface area contributed by atoms with Gasteiger partial charge in [0, 0.05) is 10.2 Å². The van der Waals surface area contributed by atoms with Gasteiger partial charge in [-0.3, -0.25) is 0 Å². The Labute approximate surface area is 126 Å². The molecule has 0 saturated carbocycles. The Hall–Kier alpha value is -2.00. The molecule has 0 aliphatic carbocycles. The zero-order chi connectivity index (χ0) is 13.8. The summed E-state index contributed by atoms with van der Waals surface area (Å²) in [5, 5.41) is 3.51. The van der Waals surface area contributed by atoms with Crippen LogP contribution in [0.15, 0.2) is 81.9 Å². The third-order valence-corrected chi connectivity index (χ3v) is 3.59. The summed E-state index contributed by atoms with van der Waals surface area (Å²) in [4.78, 5) is 0. The van der Waals surface area contributed by atoms with Crippen LogP contribution < -0.4 is 5.32 Å². The summed E-state index contributed by atoms with van der Waals surface area (Å²) in [6.07, 6.45) is 1.70. The molecule has 1 aromatic heterocycles. The van der Waals surface area contributed by atoms with Crippen LogP contribution in [-0.4, -0.2) is 0 Å². The van der Waals surface area contributed by atoms with Gasteiger partial charge in [-0.2, -0.15) is 0 Å². The highest BCUT2D eigenvalue weighted by Crippen LogP contribution is 2.28. The van der Waals surface area contributed by atoms with E-state index in [1.807, 2.05) is 48.5 Å². The van der Waals surface area contributed by atoms with Gasteiger partial charge in [-0.25, -0.2) is 0 Å². The van der Waals surface area contributed by atoms with E-state index in [0.717, 1.165) is 15.9 Å². The van der Waals surface area contributed by atoms with E-state index in [-0.39, 0.29) is 6.04 Å². The molecule has 3 heteroatoms. The fourth-order valence-electron chi connectivity index (χ4n) is 2.16. The molecule has 100 valence electrons. The van der Waals surface area contributed by atoms with Gasteiger partial charge < -0.3 is 9.73 Å². The van der Waals surface area contributed by atoms with Crippen molar-refractivity contribution in [2.24, 2.45) is 0 Å². The molecule has 1 atom stereocenters. The monoisotopic (exact) mass is 327 g/mol. The summed E-state index contributed by atoms with van der Waals surface area (Å²) in [5.74, 6) is 0.899. The zero-order valence-electron chi connectivity index (χ0n) is 10.8. The van der Waals surface area contributed by atoms with E-state index < -0.39 is 0 Å². The molecule has 0 amide bonds. The van der Waals surface area contributed by atoms with Gasteiger partial charge in [0.25, 0.3) is 0 Å². The minimum absolute atomic E-state index is 0.000463. The van der Waals surface area contributed by atoms with E-state index in [2.05, 4.69) is 39.4 Å². The van der Waals surface area contributed by atoms with Crippen LogP contribution in [0.5, 0.6) is 0 Å². The molecule has 0 fully saturated rings. The van der Waals surface area contributed by atoms with Crippen LogP contribution in [0.4, 0.5) is 5.69 Å². The molecule has 20 heavy (non-hydrogen) atoms. The maximum atomic E-state index is 5.58. The van der Waals surface area contributed by atoms with Crippen LogP contribution in [-0.2, 0) is 0 Å². The van der Waals surface area contributed by atoms with E-state index in [1.54, 1.807) is 6.26 Å². The first-order valence-electron chi connectivity index (χ1n) is 6.43.